The van der Waals surface area contributed by atoms with Crippen molar-refractivity contribution in [3.05, 3.63) is 35.4 Å². The van der Waals surface area contributed by atoms with E-state index in [1.54, 1.807) is 0 Å². The van der Waals surface area contributed by atoms with Gasteiger partial charge in [0.25, 0.3) is 0 Å². The Kier molecular flexibility index (Phi) is 6.92. The zero-order valence-corrected chi connectivity index (χ0v) is 11.8. The third kappa shape index (κ3) is 5.71. The molecule has 0 unspecified atom stereocenters. The number of nitrogens with one attached hydrogen (secondary N) is 2. The van der Waals surface area contributed by atoms with Gasteiger partial charge >= 0.3 is 0 Å². The van der Waals surface area contributed by atoms with Crippen LogP contribution in [0, 0.1) is 6.92 Å². The summed E-state index contributed by atoms with van der Waals surface area (Å²) in [6.07, 6.45) is 2.37. The largest absolute Gasteiger partial charge is 0.357 e. The number of hydrogen-bond acceptors (Lipinski definition) is 1. The molecule has 0 radical (unpaired) electrons. The van der Waals surface area contributed by atoms with Gasteiger partial charge in [0.15, 0.2) is 5.96 Å². The third-order valence-corrected chi connectivity index (χ3v) is 2.67. The van der Waals surface area contributed by atoms with E-state index in [0.29, 0.717) is 0 Å². The highest BCUT2D eigenvalue weighted by Crippen LogP contribution is 2.04. The Hall–Kier alpha value is -1.51. The van der Waals surface area contributed by atoms with Crippen molar-refractivity contribution in [3.8, 4) is 0 Å². The number of aryl methyl sites for hydroxylation is 1. The van der Waals surface area contributed by atoms with E-state index >= 15 is 0 Å². The van der Waals surface area contributed by atoms with Crippen LogP contribution in [0.5, 0.6) is 0 Å². The van der Waals surface area contributed by atoms with E-state index in [1.807, 2.05) is 0 Å². The van der Waals surface area contributed by atoms with Gasteiger partial charge in [0.1, 0.15) is 0 Å². The van der Waals surface area contributed by atoms with E-state index in [4.69, 9.17) is 0 Å². The predicted octanol–water partition coefficient (Wildman–Crippen LogP) is 2.85. The van der Waals surface area contributed by atoms with Gasteiger partial charge in [-0.3, -0.25) is 0 Å². The Bertz CT molecular complexity index is 372. The van der Waals surface area contributed by atoms with Crippen molar-refractivity contribution in [2.75, 3.05) is 13.1 Å². The monoisotopic (exact) mass is 247 g/mol. The van der Waals surface area contributed by atoms with Gasteiger partial charge in [0.05, 0.1) is 6.54 Å². The Morgan fingerprint density at radius 2 is 2.06 bits per heavy atom. The molecule has 0 aliphatic heterocycles. The molecule has 0 spiro atoms. The summed E-state index contributed by atoms with van der Waals surface area (Å²) >= 11 is 0. The van der Waals surface area contributed by atoms with Gasteiger partial charge in [0, 0.05) is 13.1 Å². The maximum atomic E-state index is 4.59. The standard InChI is InChI=1S/C15H25N3/c1-4-6-10-17-15(16-5-2)18-12-14-9-7-8-13(3)11-14/h7-9,11H,4-6,10,12H2,1-3H3,(H2,16,17,18). The molecule has 0 aromatic heterocycles. The van der Waals surface area contributed by atoms with Gasteiger partial charge in [-0.05, 0) is 25.8 Å². The van der Waals surface area contributed by atoms with Crippen LogP contribution in [0.2, 0.25) is 0 Å². The van der Waals surface area contributed by atoms with Gasteiger partial charge in [-0.1, -0.05) is 43.2 Å². The summed E-state index contributed by atoms with van der Waals surface area (Å²) < 4.78 is 0. The SMILES string of the molecule is CCCCNC(=NCc1cccc(C)c1)NCC. The van der Waals surface area contributed by atoms with Crippen LogP contribution in [0.1, 0.15) is 37.8 Å². The lowest BCUT2D eigenvalue weighted by Gasteiger charge is -2.10. The molecule has 18 heavy (non-hydrogen) atoms. The molecule has 0 heterocycles. The second-order valence-electron chi connectivity index (χ2n) is 4.46. The fourth-order valence-corrected chi connectivity index (χ4v) is 1.71. The number of hydrogen-bond donors (Lipinski definition) is 2. The van der Waals surface area contributed by atoms with Crippen molar-refractivity contribution in [3.63, 3.8) is 0 Å². The second-order valence-corrected chi connectivity index (χ2v) is 4.46. The molecular weight excluding hydrogens is 222 g/mol. The van der Waals surface area contributed by atoms with Crippen molar-refractivity contribution < 1.29 is 0 Å². The highest BCUT2D eigenvalue weighted by Gasteiger charge is 1.97. The van der Waals surface area contributed by atoms with Crippen LogP contribution in [0.15, 0.2) is 29.3 Å². The lowest BCUT2D eigenvalue weighted by atomic mass is 10.1. The first-order chi connectivity index (χ1) is 8.76. The highest BCUT2D eigenvalue weighted by atomic mass is 15.2. The number of benzene rings is 1. The van der Waals surface area contributed by atoms with E-state index in [2.05, 4.69) is 60.7 Å². The van der Waals surface area contributed by atoms with Gasteiger partial charge in [-0.2, -0.15) is 0 Å². The molecule has 1 aromatic rings. The molecule has 0 amide bonds. The summed E-state index contributed by atoms with van der Waals surface area (Å²) in [7, 11) is 0. The van der Waals surface area contributed by atoms with Crippen LogP contribution in [-0.4, -0.2) is 19.0 Å². The molecule has 2 N–H and O–H groups in total. The van der Waals surface area contributed by atoms with E-state index in [9.17, 15) is 0 Å². The van der Waals surface area contributed by atoms with Crippen LogP contribution < -0.4 is 10.6 Å². The normalized spacial score (nSPS) is 11.4. The van der Waals surface area contributed by atoms with E-state index in [0.717, 1.165) is 25.6 Å². The number of guanidine groups is 1. The number of nitrogens with zero attached hydrogens (tertiary/aromatic N) is 1. The Morgan fingerprint density at radius 3 is 2.72 bits per heavy atom. The molecule has 0 fully saturated rings. The van der Waals surface area contributed by atoms with Gasteiger partial charge in [-0.15, -0.1) is 0 Å². The zero-order chi connectivity index (χ0) is 13.2. The summed E-state index contributed by atoms with van der Waals surface area (Å²) in [5.41, 5.74) is 2.54. The van der Waals surface area contributed by atoms with Crippen molar-refractivity contribution in [1.82, 2.24) is 10.6 Å². The quantitative estimate of drug-likeness (QED) is 0.461. The third-order valence-electron chi connectivity index (χ3n) is 2.67. The molecule has 3 nitrogen and oxygen atoms in total. The number of aliphatic imine (C=N–C) groups is 1. The molecule has 0 bridgehead atoms. The first-order valence-corrected chi connectivity index (χ1v) is 6.84. The first kappa shape index (κ1) is 14.6. The van der Waals surface area contributed by atoms with E-state index in [-0.39, 0.29) is 0 Å². The van der Waals surface area contributed by atoms with Crippen LogP contribution in [0.25, 0.3) is 0 Å². The van der Waals surface area contributed by atoms with E-state index < -0.39 is 0 Å². The fourth-order valence-electron chi connectivity index (χ4n) is 1.71. The maximum Gasteiger partial charge on any atom is 0.191 e. The summed E-state index contributed by atoms with van der Waals surface area (Å²) in [5.74, 6) is 0.910. The van der Waals surface area contributed by atoms with Crippen molar-refractivity contribution in [2.45, 2.75) is 40.2 Å². The van der Waals surface area contributed by atoms with Gasteiger partial charge in [-0.25, -0.2) is 4.99 Å². The lowest BCUT2D eigenvalue weighted by molar-refractivity contribution is 0.730. The minimum absolute atomic E-state index is 0.725. The van der Waals surface area contributed by atoms with Crippen molar-refractivity contribution in [2.24, 2.45) is 4.99 Å². The predicted molar refractivity (Wildman–Crippen MR) is 78.9 cm³/mol. The Labute approximate surface area is 111 Å². The smallest absolute Gasteiger partial charge is 0.191 e. The van der Waals surface area contributed by atoms with Crippen LogP contribution in [0.4, 0.5) is 0 Å². The Morgan fingerprint density at radius 1 is 1.22 bits per heavy atom. The Balaban J connectivity index is 2.53. The summed E-state index contributed by atoms with van der Waals surface area (Å²) in [6.45, 7) is 8.99. The molecule has 0 aliphatic rings. The highest BCUT2D eigenvalue weighted by molar-refractivity contribution is 5.79. The zero-order valence-electron chi connectivity index (χ0n) is 11.8. The molecule has 0 saturated carbocycles. The van der Waals surface area contributed by atoms with Crippen LogP contribution in [-0.2, 0) is 6.54 Å². The topological polar surface area (TPSA) is 36.4 Å². The molecule has 1 aromatic carbocycles. The lowest BCUT2D eigenvalue weighted by Crippen LogP contribution is -2.37. The second kappa shape index (κ2) is 8.56. The molecular formula is C15H25N3. The van der Waals surface area contributed by atoms with Crippen LogP contribution >= 0.6 is 0 Å². The molecule has 100 valence electrons. The summed E-state index contributed by atoms with van der Waals surface area (Å²) in [6, 6.07) is 8.49. The molecule has 0 atom stereocenters. The van der Waals surface area contributed by atoms with Gasteiger partial charge in [0.2, 0.25) is 0 Å². The van der Waals surface area contributed by atoms with Crippen molar-refractivity contribution >= 4 is 5.96 Å². The molecule has 0 saturated heterocycles. The summed E-state index contributed by atoms with van der Waals surface area (Å²) in [5, 5.41) is 6.61. The molecule has 0 aliphatic carbocycles. The first-order valence-electron chi connectivity index (χ1n) is 6.84. The minimum Gasteiger partial charge on any atom is -0.357 e. The summed E-state index contributed by atoms with van der Waals surface area (Å²) in [4.78, 5) is 4.59. The number of unbranched alkanes of at least 4 members (excludes halogenated alkanes) is 1. The maximum absolute atomic E-state index is 4.59. The van der Waals surface area contributed by atoms with E-state index in [1.165, 1.54) is 24.0 Å². The molecule has 1 rings (SSSR count). The molecule has 3 heteroatoms. The van der Waals surface area contributed by atoms with Gasteiger partial charge < -0.3 is 10.6 Å². The van der Waals surface area contributed by atoms with Crippen LogP contribution in [0.3, 0.4) is 0 Å². The average Bonchev–Trinajstić information content (AvgIpc) is 2.36. The minimum atomic E-state index is 0.725. The number of rotatable bonds is 6. The van der Waals surface area contributed by atoms with Crippen molar-refractivity contribution in [1.29, 1.82) is 0 Å². The fraction of sp³-hybridized carbons (Fsp3) is 0.533. The average molecular weight is 247 g/mol.